The molecule has 6 atom stereocenters. The number of fused-ring (bicyclic) bond motifs is 1. The molecule has 0 aromatic carbocycles. The Balaban J connectivity index is 2.26. The van der Waals surface area contributed by atoms with Crippen molar-refractivity contribution in [3.8, 4) is 0 Å². The van der Waals surface area contributed by atoms with Crippen LogP contribution in [0, 0.1) is 11.8 Å². The molecule has 2 fully saturated rings. The summed E-state index contributed by atoms with van der Waals surface area (Å²) in [6, 6.07) is 0. The largest absolute Gasteiger partial charge is 0.393 e. The molecule has 0 aromatic rings. The van der Waals surface area contributed by atoms with Crippen molar-refractivity contribution < 1.29 is 20.4 Å². The quantitative estimate of drug-likeness (QED) is 0.446. The maximum Gasteiger partial charge on any atom is 0.0859 e. The first-order valence-electron chi connectivity index (χ1n) is 5.70. The molecule has 4 nitrogen and oxygen atoms in total. The molecule has 2 rings (SSSR count). The average Bonchev–Trinajstić information content (AvgIpc) is 2.13. The summed E-state index contributed by atoms with van der Waals surface area (Å²) in [6.45, 7) is 1.69. The van der Waals surface area contributed by atoms with Gasteiger partial charge in [0.1, 0.15) is 0 Å². The summed E-state index contributed by atoms with van der Waals surface area (Å²) < 4.78 is 0. The van der Waals surface area contributed by atoms with Crippen LogP contribution in [0.1, 0.15) is 32.6 Å². The van der Waals surface area contributed by atoms with E-state index in [0.717, 1.165) is 12.8 Å². The molecule has 0 heterocycles. The van der Waals surface area contributed by atoms with E-state index in [1.165, 1.54) is 0 Å². The molecule has 0 bridgehead atoms. The normalized spacial score (nSPS) is 56.2. The molecule has 0 saturated heterocycles. The van der Waals surface area contributed by atoms with E-state index in [4.69, 9.17) is 0 Å². The lowest BCUT2D eigenvalue weighted by molar-refractivity contribution is -0.192. The summed E-state index contributed by atoms with van der Waals surface area (Å²) in [5, 5.41) is 39.5. The highest BCUT2D eigenvalue weighted by molar-refractivity contribution is 5.02. The fourth-order valence-corrected chi connectivity index (χ4v) is 3.36. The van der Waals surface area contributed by atoms with Gasteiger partial charge in [0.05, 0.1) is 23.9 Å². The van der Waals surface area contributed by atoms with Crippen molar-refractivity contribution in [3.05, 3.63) is 0 Å². The van der Waals surface area contributed by atoms with Crippen LogP contribution in [0.4, 0.5) is 0 Å². The average molecular weight is 216 g/mol. The SMILES string of the molecule is C[C@@]1(O)CCC[C@H]2C(O)C[C@@H](O)[C@H](O)[C@H]21. The molecule has 15 heavy (non-hydrogen) atoms. The first kappa shape index (κ1) is 11.3. The molecule has 2 aliphatic carbocycles. The zero-order chi connectivity index (χ0) is 11.2. The molecular weight excluding hydrogens is 196 g/mol. The highest BCUT2D eigenvalue weighted by Gasteiger charge is 2.52. The van der Waals surface area contributed by atoms with E-state index in [2.05, 4.69) is 0 Å². The first-order valence-corrected chi connectivity index (χ1v) is 5.70. The molecule has 2 saturated carbocycles. The maximum absolute atomic E-state index is 10.2. The molecule has 4 heteroatoms. The van der Waals surface area contributed by atoms with Crippen LogP contribution in [0.25, 0.3) is 0 Å². The molecule has 0 amide bonds. The molecule has 2 aliphatic rings. The van der Waals surface area contributed by atoms with Crippen molar-refractivity contribution in [3.63, 3.8) is 0 Å². The van der Waals surface area contributed by atoms with Crippen LogP contribution < -0.4 is 0 Å². The topological polar surface area (TPSA) is 80.9 Å². The van der Waals surface area contributed by atoms with Gasteiger partial charge in [-0.15, -0.1) is 0 Å². The third-order valence-electron chi connectivity index (χ3n) is 4.14. The fourth-order valence-electron chi connectivity index (χ4n) is 3.36. The maximum atomic E-state index is 10.2. The van der Waals surface area contributed by atoms with Gasteiger partial charge in [0, 0.05) is 12.3 Å². The Morgan fingerprint density at radius 1 is 1.13 bits per heavy atom. The minimum absolute atomic E-state index is 0.0767. The highest BCUT2D eigenvalue weighted by atomic mass is 16.3. The minimum Gasteiger partial charge on any atom is -0.393 e. The number of hydrogen-bond acceptors (Lipinski definition) is 4. The van der Waals surface area contributed by atoms with E-state index in [9.17, 15) is 20.4 Å². The lowest BCUT2D eigenvalue weighted by atomic mass is 9.61. The van der Waals surface area contributed by atoms with Gasteiger partial charge in [-0.05, 0) is 25.7 Å². The van der Waals surface area contributed by atoms with Crippen molar-refractivity contribution >= 4 is 0 Å². The second-order valence-corrected chi connectivity index (χ2v) is 5.30. The van der Waals surface area contributed by atoms with Crippen LogP contribution in [-0.2, 0) is 0 Å². The summed E-state index contributed by atoms with van der Waals surface area (Å²) in [5.74, 6) is -0.475. The Morgan fingerprint density at radius 3 is 2.47 bits per heavy atom. The molecular formula is C11H20O4. The molecule has 0 radical (unpaired) electrons. The van der Waals surface area contributed by atoms with Crippen LogP contribution in [0.5, 0.6) is 0 Å². The number of rotatable bonds is 0. The zero-order valence-corrected chi connectivity index (χ0v) is 9.00. The van der Waals surface area contributed by atoms with Gasteiger partial charge in [-0.2, -0.15) is 0 Å². The Labute approximate surface area is 89.6 Å². The Kier molecular flexibility index (Phi) is 2.79. The van der Waals surface area contributed by atoms with Gasteiger partial charge < -0.3 is 20.4 Å². The Hall–Kier alpha value is -0.160. The summed E-state index contributed by atoms with van der Waals surface area (Å²) in [5.41, 5.74) is -0.968. The summed E-state index contributed by atoms with van der Waals surface area (Å²) >= 11 is 0. The van der Waals surface area contributed by atoms with E-state index in [1.807, 2.05) is 0 Å². The lowest BCUT2D eigenvalue weighted by Gasteiger charge is -2.51. The van der Waals surface area contributed by atoms with Crippen molar-refractivity contribution in [1.82, 2.24) is 0 Å². The van der Waals surface area contributed by atoms with Crippen LogP contribution >= 0.6 is 0 Å². The minimum atomic E-state index is -0.968. The van der Waals surface area contributed by atoms with E-state index >= 15 is 0 Å². The molecule has 0 spiro atoms. The lowest BCUT2D eigenvalue weighted by Crippen LogP contribution is -2.59. The van der Waals surface area contributed by atoms with Crippen molar-refractivity contribution in [2.45, 2.75) is 56.5 Å². The van der Waals surface area contributed by atoms with Gasteiger partial charge >= 0.3 is 0 Å². The predicted octanol–water partition coefficient (Wildman–Crippen LogP) is -0.360. The van der Waals surface area contributed by atoms with Gasteiger partial charge in [0.25, 0.3) is 0 Å². The highest BCUT2D eigenvalue weighted by Crippen LogP contribution is 2.46. The third kappa shape index (κ3) is 1.80. The van der Waals surface area contributed by atoms with E-state index in [1.54, 1.807) is 6.92 Å². The van der Waals surface area contributed by atoms with Crippen LogP contribution in [-0.4, -0.2) is 44.3 Å². The molecule has 0 aromatic heterocycles. The van der Waals surface area contributed by atoms with Crippen LogP contribution in [0.15, 0.2) is 0 Å². The zero-order valence-electron chi connectivity index (χ0n) is 9.00. The van der Waals surface area contributed by atoms with Crippen molar-refractivity contribution in [2.75, 3.05) is 0 Å². The Bertz CT molecular complexity index is 241. The second kappa shape index (κ2) is 3.70. The predicted molar refractivity (Wildman–Crippen MR) is 54.1 cm³/mol. The monoisotopic (exact) mass is 216 g/mol. The molecule has 1 unspecified atom stereocenters. The third-order valence-corrected chi connectivity index (χ3v) is 4.14. The van der Waals surface area contributed by atoms with Gasteiger partial charge in [-0.3, -0.25) is 0 Å². The fraction of sp³-hybridized carbons (Fsp3) is 1.00. The number of aliphatic hydroxyl groups excluding tert-OH is 3. The van der Waals surface area contributed by atoms with E-state index in [-0.39, 0.29) is 12.3 Å². The van der Waals surface area contributed by atoms with Gasteiger partial charge in [-0.1, -0.05) is 6.42 Å². The standard InChI is InChI=1S/C11H20O4/c1-11(15)4-2-3-6-7(12)5-8(13)10(14)9(6)11/h6-10,12-15H,2-5H2,1H3/t6-,7?,8+,9-,10-,11+/m0/s1. The van der Waals surface area contributed by atoms with E-state index in [0.29, 0.717) is 6.42 Å². The van der Waals surface area contributed by atoms with Gasteiger partial charge in [0.2, 0.25) is 0 Å². The van der Waals surface area contributed by atoms with Gasteiger partial charge in [-0.25, -0.2) is 0 Å². The second-order valence-electron chi connectivity index (χ2n) is 5.30. The molecule has 4 N–H and O–H groups in total. The van der Waals surface area contributed by atoms with Crippen LogP contribution in [0.3, 0.4) is 0 Å². The summed E-state index contributed by atoms with van der Waals surface area (Å²) in [6.07, 6.45) is 0.128. The van der Waals surface area contributed by atoms with Crippen molar-refractivity contribution in [2.24, 2.45) is 11.8 Å². The first-order chi connectivity index (χ1) is 6.93. The van der Waals surface area contributed by atoms with Gasteiger partial charge in [0.15, 0.2) is 0 Å². The van der Waals surface area contributed by atoms with E-state index < -0.39 is 29.8 Å². The number of hydrogen-bond donors (Lipinski definition) is 4. The number of aliphatic hydroxyl groups is 4. The summed E-state index contributed by atoms with van der Waals surface area (Å²) in [7, 11) is 0. The van der Waals surface area contributed by atoms with Crippen molar-refractivity contribution in [1.29, 1.82) is 0 Å². The molecule has 0 aliphatic heterocycles. The Morgan fingerprint density at radius 2 is 1.80 bits per heavy atom. The smallest absolute Gasteiger partial charge is 0.0859 e. The molecule has 88 valence electrons. The summed E-state index contributed by atoms with van der Waals surface area (Å²) in [4.78, 5) is 0. The van der Waals surface area contributed by atoms with Crippen LogP contribution in [0.2, 0.25) is 0 Å².